The van der Waals surface area contributed by atoms with Crippen LogP contribution < -0.4 is 0 Å². The minimum Gasteiger partial charge on any atom is -0.247 e. The molecule has 0 aromatic carbocycles. The van der Waals surface area contributed by atoms with E-state index >= 15 is 0 Å². The van der Waals surface area contributed by atoms with Crippen molar-refractivity contribution in [3.63, 3.8) is 0 Å². The molecular weight excluding hydrogens is 304 g/mol. The van der Waals surface area contributed by atoms with E-state index < -0.39 is 11.9 Å². The molecule has 4 nitrogen and oxygen atoms in total. The highest BCUT2D eigenvalue weighted by Crippen LogP contribution is 2.13. The van der Waals surface area contributed by atoms with Crippen molar-refractivity contribution in [2.75, 3.05) is 0 Å². The van der Waals surface area contributed by atoms with Crippen LogP contribution in [0.15, 0.2) is 12.2 Å². The standard InChI is InChI=1S/C20H36O4/c1-4-5-6-7-8-9-10-11-12-13-14-15-16-17-19(21)23-24-20(22)18(2)3/h2,4-17H2,1,3H3. The lowest BCUT2D eigenvalue weighted by Crippen LogP contribution is -2.11. The summed E-state index contributed by atoms with van der Waals surface area (Å²) in [4.78, 5) is 31.1. The molecular formula is C20H36O4. The van der Waals surface area contributed by atoms with Crippen molar-refractivity contribution in [3.05, 3.63) is 12.2 Å². The van der Waals surface area contributed by atoms with Crippen molar-refractivity contribution >= 4 is 11.9 Å². The summed E-state index contributed by atoms with van der Waals surface area (Å²) in [7, 11) is 0. The van der Waals surface area contributed by atoms with Crippen LogP contribution in [-0.4, -0.2) is 11.9 Å². The number of unbranched alkanes of at least 4 members (excludes halogenated alkanes) is 12. The van der Waals surface area contributed by atoms with Gasteiger partial charge in [-0.05, 0) is 13.3 Å². The number of carbonyl (C=O) groups is 2. The van der Waals surface area contributed by atoms with Gasteiger partial charge < -0.3 is 0 Å². The van der Waals surface area contributed by atoms with E-state index in [0.29, 0.717) is 6.42 Å². The second-order valence-electron chi connectivity index (χ2n) is 6.60. The first-order valence-electron chi connectivity index (χ1n) is 9.65. The summed E-state index contributed by atoms with van der Waals surface area (Å²) in [6, 6.07) is 0. The number of carbonyl (C=O) groups excluding carboxylic acids is 2. The maximum absolute atomic E-state index is 11.3. The van der Waals surface area contributed by atoms with Crippen LogP contribution >= 0.6 is 0 Å². The highest BCUT2D eigenvalue weighted by Gasteiger charge is 2.09. The maximum Gasteiger partial charge on any atom is 0.381 e. The second kappa shape index (κ2) is 16.5. The maximum atomic E-state index is 11.3. The quantitative estimate of drug-likeness (QED) is 0.158. The lowest BCUT2D eigenvalue weighted by atomic mass is 10.0. The van der Waals surface area contributed by atoms with E-state index in [0.717, 1.165) is 19.3 Å². The fourth-order valence-corrected chi connectivity index (χ4v) is 2.48. The Hall–Kier alpha value is -1.32. The molecule has 0 saturated carbocycles. The van der Waals surface area contributed by atoms with Crippen LogP contribution in [0.3, 0.4) is 0 Å². The monoisotopic (exact) mass is 340 g/mol. The Balaban J connectivity index is 3.23. The zero-order valence-corrected chi connectivity index (χ0v) is 15.7. The Bertz CT molecular complexity index is 350. The normalized spacial score (nSPS) is 10.4. The molecule has 0 heterocycles. The summed E-state index contributed by atoms with van der Waals surface area (Å²) < 4.78 is 0. The van der Waals surface area contributed by atoms with Gasteiger partial charge in [-0.2, -0.15) is 0 Å². The minimum atomic E-state index is -0.700. The van der Waals surface area contributed by atoms with Crippen LogP contribution in [0.4, 0.5) is 0 Å². The molecule has 0 amide bonds. The van der Waals surface area contributed by atoms with E-state index in [1.807, 2.05) is 0 Å². The molecule has 140 valence electrons. The van der Waals surface area contributed by atoms with Crippen molar-refractivity contribution in [3.8, 4) is 0 Å². The average Bonchev–Trinajstić information content (AvgIpc) is 2.56. The Morgan fingerprint density at radius 2 is 1.12 bits per heavy atom. The van der Waals surface area contributed by atoms with Gasteiger partial charge in [0.25, 0.3) is 0 Å². The Morgan fingerprint density at radius 3 is 1.54 bits per heavy atom. The molecule has 0 spiro atoms. The van der Waals surface area contributed by atoms with Crippen LogP contribution in [0.25, 0.3) is 0 Å². The van der Waals surface area contributed by atoms with Crippen LogP contribution in [0.1, 0.15) is 104 Å². The van der Waals surface area contributed by atoms with E-state index in [4.69, 9.17) is 0 Å². The third-order valence-electron chi connectivity index (χ3n) is 4.04. The topological polar surface area (TPSA) is 52.6 Å². The molecule has 0 aliphatic rings. The molecule has 0 aliphatic heterocycles. The molecule has 24 heavy (non-hydrogen) atoms. The molecule has 0 bridgehead atoms. The molecule has 0 saturated heterocycles. The smallest absolute Gasteiger partial charge is 0.247 e. The average molecular weight is 341 g/mol. The summed E-state index contributed by atoms with van der Waals surface area (Å²) in [5, 5.41) is 0. The lowest BCUT2D eigenvalue weighted by Gasteiger charge is -2.04. The third kappa shape index (κ3) is 15.6. The van der Waals surface area contributed by atoms with Crippen LogP contribution in [0.2, 0.25) is 0 Å². The van der Waals surface area contributed by atoms with Crippen molar-refractivity contribution < 1.29 is 19.4 Å². The van der Waals surface area contributed by atoms with Crippen molar-refractivity contribution in [2.45, 2.75) is 104 Å². The van der Waals surface area contributed by atoms with Gasteiger partial charge in [0.2, 0.25) is 0 Å². The Morgan fingerprint density at radius 1 is 0.708 bits per heavy atom. The second-order valence-corrected chi connectivity index (χ2v) is 6.60. The Kier molecular flexibility index (Phi) is 15.6. The first-order valence-corrected chi connectivity index (χ1v) is 9.65. The highest BCUT2D eigenvalue weighted by molar-refractivity contribution is 5.87. The molecule has 0 N–H and O–H groups in total. The highest BCUT2D eigenvalue weighted by atomic mass is 17.2. The molecule has 0 aromatic rings. The van der Waals surface area contributed by atoms with Gasteiger partial charge in [0.1, 0.15) is 0 Å². The van der Waals surface area contributed by atoms with Gasteiger partial charge >= 0.3 is 11.9 Å². The zero-order chi connectivity index (χ0) is 18.0. The van der Waals surface area contributed by atoms with Crippen LogP contribution in [0, 0.1) is 0 Å². The largest absolute Gasteiger partial charge is 0.381 e. The molecule has 0 unspecified atom stereocenters. The summed E-state index contributed by atoms with van der Waals surface area (Å²) >= 11 is 0. The molecule has 0 atom stereocenters. The molecule has 0 fully saturated rings. The van der Waals surface area contributed by atoms with Crippen molar-refractivity contribution in [1.82, 2.24) is 0 Å². The van der Waals surface area contributed by atoms with Gasteiger partial charge in [-0.1, -0.05) is 90.6 Å². The van der Waals surface area contributed by atoms with Gasteiger partial charge in [-0.3, -0.25) is 0 Å². The Labute approximate surface area is 147 Å². The SMILES string of the molecule is C=C(C)C(=O)OOC(=O)CCCCCCCCCCCCCCC. The first kappa shape index (κ1) is 22.7. The fourth-order valence-electron chi connectivity index (χ4n) is 2.48. The van der Waals surface area contributed by atoms with E-state index in [1.165, 1.54) is 71.1 Å². The van der Waals surface area contributed by atoms with Crippen molar-refractivity contribution in [1.29, 1.82) is 0 Å². The van der Waals surface area contributed by atoms with Crippen LogP contribution in [0.5, 0.6) is 0 Å². The van der Waals surface area contributed by atoms with E-state index in [1.54, 1.807) is 0 Å². The number of rotatable bonds is 15. The van der Waals surface area contributed by atoms with E-state index in [-0.39, 0.29) is 5.57 Å². The third-order valence-corrected chi connectivity index (χ3v) is 4.04. The zero-order valence-electron chi connectivity index (χ0n) is 15.7. The van der Waals surface area contributed by atoms with E-state index in [2.05, 4.69) is 23.3 Å². The lowest BCUT2D eigenvalue weighted by molar-refractivity contribution is -0.255. The molecule has 0 aromatic heterocycles. The van der Waals surface area contributed by atoms with Crippen molar-refractivity contribution in [2.24, 2.45) is 0 Å². The molecule has 4 heteroatoms. The molecule has 0 aliphatic carbocycles. The van der Waals surface area contributed by atoms with E-state index in [9.17, 15) is 9.59 Å². The summed E-state index contributed by atoms with van der Waals surface area (Å²) in [6.45, 7) is 7.16. The first-order chi connectivity index (χ1) is 11.6. The van der Waals surface area contributed by atoms with Gasteiger partial charge in [0.05, 0.1) is 6.42 Å². The summed E-state index contributed by atoms with van der Waals surface area (Å²) in [5.74, 6) is -1.19. The van der Waals surface area contributed by atoms with Gasteiger partial charge in [-0.25, -0.2) is 19.4 Å². The summed E-state index contributed by atoms with van der Waals surface area (Å²) in [6.07, 6.45) is 16.7. The van der Waals surface area contributed by atoms with Gasteiger partial charge in [-0.15, -0.1) is 0 Å². The predicted octanol–water partition coefficient (Wildman–Crippen LogP) is 6.05. The van der Waals surface area contributed by atoms with Gasteiger partial charge in [0, 0.05) is 5.57 Å². The minimum absolute atomic E-state index is 0.212. The predicted molar refractivity (Wildman–Crippen MR) is 97.3 cm³/mol. The molecule has 0 radical (unpaired) electrons. The number of hydrogen-bond donors (Lipinski definition) is 0. The molecule has 0 rings (SSSR count). The number of hydrogen-bond acceptors (Lipinski definition) is 4. The fraction of sp³-hybridized carbons (Fsp3) is 0.800. The van der Waals surface area contributed by atoms with Crippen LogP contribution in [-0.2, 0) is 19.4 Å². The van der Waals surface area contributed by atoms with Gasteiger partial charge in [0.15, 0.2) is 0 Å². The summed E-state index contributed by atoms with van der Waals surface area (Å²) in [5.41, 5.74) is 0.212.